The maximum absolute atomic E-state index is 9.47. The van der Waals surface area contributed by atoms with Crippen molar-refractivity contribution in [3.8, 4) is 0 Å². The Bertz CT molecular complexity index is 152. The molecule has 0 heterocycles. The Morgan fingerprint density at radius 2 is 1.07 bits per heavy atom. The zero-order valence-corrected chi connectivity index (χ0v) is 8.97. The second-order valence-corrected chi connectivity index (χ2v) is 3.80. The zero-order valence-electron chi connectivity index (χ0n) is 8.97. The number of hydrogen-bond acceptors (Lipinski definition) is 7. The molecule has 0 bridgehead atoms. The molecule has 0 fully saturated rings. The predicted molar refractivity (Wildman–Crippen MR) is 60.6 cm³/mol. The van der Waals surface area contributed by atoms with E-state index in [-0.39, 0.29) is 26.2 Å². The molecule has 7 nitrogen and oxygen atoms in total. The molecule has 0 aromatic heterocycles. The molecule has 0 rings (SSSR count). The van der Waals surface area contributed by atoms with Crippen LogP contribution in [0.15, 0.2) is 0 Å². The largest absolute Gasteiger partial charge is 0.396 e. The maximum atomic E-state index is 9.47. The third-order valence-corrected chi connectivity index (χ3v) is 3.11. The molecule has 0 aliphatic carbocycles. The van der Waals surface area contributed by atoms with Crippen molar-refractivity contribution in [3.63, 3.8) is 0 Å². The van der Waals surface area contributed by atoms with Crippen LogP contribution >= 0.6 is 0 Å². The van der Waals surface area contributed by atoms with Gasteiger partial charge in [0.05, 0.1) is 6.61 Å². The van der Waals surface area contributed by atoms with Gasteiger partial charge in [0, 0.05) is 43.2 Å². The first-order valence-corrected chi connectivity index (χ1v) is 4.99. The number of nitrogens with two attached hydrogens (primary N) is 6. The van der Waals surface area contributed by atoms with Crippen LogP contribution in [0.5, 0.6) is 0 Å². The summed E-state index contributed by atoms with van der Waals surface area (Å²) in [5.41, 5.74) is 33.1. The van der Waals surface area contributed by atoms with Crippen LogP contribution in [0, 0.1) is 5.41 Å². The Balaban J connectivity index is 5.09. The summed E-state index contributed by atoms with van der Waals surface area (Å²) in [6, 6.07) is -1.58. The number of rotatable bonds is 7. The van der Waals surface area contributed by atoms with Gasteiger partial charge in [-0.15, -0.1) is 0 Å². The molecule has 0 saturated heterocycles. The van der Waals surface area contributed by atoms with Gasteiger partial charge in [-0.2, -0.15) is 0 Å². The van der Waals surface area contributed by atoms with E-state index >= 15 is 0 Å². The molecule has 0 saturated carbocycles. The van der Waals surface area contributed by atoms with Crippen LogP contribution in [-0.4, -0.2) is 49.5 Å². The fourth-order valence-corrected chi connectivity index (χ4v) is 1.83. The smallest absolute Gasteiger partial charge is 0.0533 e. The molecule has 0 aromatic rings. The van der Waals surface area contributed by atoms with Crippen molar-refractivity contribution in [2.75, 3.05) is 26.2 Å². The van der Waals surface area contributed by atoms with Crippen molar-refractivity contribution in [1.29, 1.82) is 0 Å². The molecular weight excluding hydrogens is 196 g/mol. The van der Waals surface area contributed by atoms with Crippen LogP contribution < -0.4 is 34.4 Å². The molecule has 0 aliphatic heterocycles. The molecule has 92 valence electrons. The van der Waals surface area contributed by atoms with Crippen molar-refractivity contribution in [3.05, 3.63) is 0 Å². The molecule has 7 heteroatoms. The first-order valence-electron chi connectivity index (χ1n) is 4.99. The molecule has 13 N–H and O–H groups in total. The van der Waals surface area contributed by atoms with Crippen molar-refractivity contribution >= 4 is 0 Å². The van der Waals surface area contributed by atoms with Crippen molar-refractivity contribution < 1.29 is 5.11 Å². The van der Waals surface area contributed by atoms with Crippen LogP contribution in [-0.2, 0) is 0 Å². The van der Waals surface area contributed by atoms with E-state index in [0.717, 1.165) is 0 Å². The lowest BCUT2D eigenvalue weighted by Gasteiger charge is -2.45. The number of aliphatic hydroxyl groups is 1. The first-order chi connectivity index (χ1) is 7.00. The van der Waals surface area contributed by atoms with Crippen LogP contribution in [0.25, 0.3) is 0 Å². The molecule has 0 spiro atoms. The molecular formula is C8H24N6O. The summed E-state index contributed by atoms with van der Waals surface area (Å²) in [6.07, 6.45) is 0. The number of hydrogen-bond donors (Lipinski definition) is 7. The van der Waals surface area contributed by atoms with E-state index < -0.39 is 23.5 Å². The summed E-state index contributed by atoms with van der Waals surface area (Å²) in [4.78, 5) is 0. The lowest BCUT2D eigenvalue weighted by atomic mass is 9.69. The molecule has 3 atom stereocenters. The highest BCUT2D eigenvalue weighted by Crippen LogP contribution is 2.26. The summed E-state index contributed by atoms with van der Waals surface area (Å²) in [5.74, 6) is 0. The second kappa shape index (κ2) is 6.33. The van der Waals surface area contributed by atoms with Gasteiger partial charge in [-0.3, -0.25) is 0 Å². The Kier molecular flexibility index (Phi) is 6.22. The van der Waals surface area contributed by atoms with Gasteiger partial charge in [0.15, 0.2) is 0 Å². The van der Waals surface area contributed by atoms with Gasteiger partial charge in [0.25, 0.3) is 0 Å². The van der Waals surface area contributed by atoms with E-state index in [9.17, 15) is 5.11 Å². The van der Waals surface area contributed by atoms with Gasteiger partial charge in [-0.05, 0) is 0 Å². The molecule has 0 aromatic carbocycles. The highest BCUT2D eigenvalue weighted by Gasteiger charge is 2.45. The Labute approximate surface area is 90.1 Å². The van der Waals surface area contributed by atoms with E-state index in [1.807, 2.05) is 0 Å². The van der Waals surface area contributed by atoms with Crippen LogP contribution in [0.1, 0.15) is 0 Å². The summed E-state index contributed by atoms with van der Waals surface area (Å²) in [7, 11) is 0. The Morgan fingerprint density at radius 1 is 0.800 bits per heavy atom. The standard InChI is InChI=1S/C8H24N6O/c9-1-5(12)8(4-15,6(13)2-10)7(14)3-11/h5-7,15H,1-4,9-14H2. The topological polar surface area (TPSA) is 176 Å². The minimum absolute atomic E-state index is 0.169. The SMILES string of the molecule is NCC(N)C(CO)(C(N)CN)C(N)CN. The maximum Gasteiger partial charge on any atom is 0.0533 e. The highest BCUT2D eigenvalue weighted by atomic mass is 16.3. The van der Waals surface area contributed by atoms with E-state index in [1.54, 1.807) is 0 Å². The van der Waals surface area contributed by atoms with E-state index in [0.29, 0.717) is 0 Å². The van der Waals surface area contributed by atoms with Crippen molar-refractivity contribution in [1.82, 2.24) is 0 Å². The van der Waals surface area contributed by atoms with E-state index in [4.69, 9.17) is 34.4 Å². The summed E-state index contributed by atoms with van der Waals surface area (Å²) >= 11 is 0. The Hall–Kier alpha value is -0.280. The van der Waals surface area contributed by atoms with Crippen molar-refractivity contribution in [2.45, 2.75) is 18.1 Å². The lowest BCUT2D eigenvalue weighted by Crippen LogP contribution is -2.69. The van der Waals surface area contributed by atoms with E-state index in [1.165, 1.54) is 0 Å². The third kappa shape index (κ3) is 2.64. The minimum Gasteiger partial charge on any atom is -0.396 e. The van der Waals surface area contributed by atoms with Gasteiger partial charge in [0.1, 0.15) is 0 Å². The summed E-state index contributed by atoms with van der Waals surface area (Å²) in [6.45, 7) is 0.230. The van der Waals surface area contributed by atoms with Gasteiger partial charge < -0.3 is 39.5 Å². The third-order valence-electron chi connectivity index (χ3n) is 3.11. The summed E-state index contributed by atoms with van der Waals surface area (Å²) in [5, 5.41) is 9.47. The summed E-state index contributed by atoms with van der Waals surface area (Å²) < 4.78 is 0. The molecule has 3 unspecified atom stereocenters. The van der Waals surface area contributed by atoms with Crippen molar-refractivity contribution in [2.24, 2.45) is 39.8 Å². The Morgan fingerprint density at radius 3 is 1.20 bits per heavy atom. The quantitative estimate of drug-likeness (QED) is 0.227. The molecule has 0 amide bonds. The minimum atomic E-state index is -0.918. The van der Waals surface area contributed by atoms with Gasteiger partial charge in [-0.25, -0.2) is 0 Å². The predicted octanol–water partition coefficient (Wildman–Crippen LogP) is -4.18. The lowest BCUT2D eigenvalue weighted by molar-refractivity contribution is 0.0494. The average Bonchev–Trinajstić information content (AvgIpc) is 2.29. The first kappa shape index (κ1) is 14.7. The van der Waals surface area contributed by atoms with Crippen LogP contribution in [0.3, 0.4) is 0 Å². The second-order valence-electron chi connectivity index (χ2n) is 3.80. The fourth-order valence-electron chi connectivity index (χ4n) is 1.83. The average molecular weight is 220 g/mol. The highest BCUT2D eigenvalue weighted by molar-refractivity contribution is 5.04. The normalized spacial score (nSPS) is 21.8. The molecule has 0 aliphatic rings. The van der Waals surface area contributed by atoms with Crippen LogP contribution in [0.4, 0.5) is 0 Å². The zero-order chi connectivity index (χ0) is 12.1. The van der Waals surface area contributed by atoms with Gasteiger partial charge in [0.2, 0.25) is 0 Å². The van der Waals surface area contributed by atoms with Gasteiger partial charge >= 0.3 is 0 Å². The van der Waals surface area contributed by atoms with Crippen LogP contribution in [0.2, 0.25) is 0 Å². The monoisotopic (exact) mass is 220 g/mol. The fraction of sp³-hybridized carbons (Fsp3) is 1.00. The van der Waals surface area contributed by atoms with E-state index in [2.05, 4.69) is 0 Å². The molecule has 15 heavy (non-hydrogen) atoms. The molecule has 0 radical (unpaired) electrons. The van der Waals surface area contributed by atoms with Gasteiger partial charge in [-0.1, -0.05) is 0 Å². The number of aliphatic hydroxyl groups excluding tert-OH is 1.